The highest BCUT2D eigenvalue weighted by atomic mass is 16.5. The normalized spacial score (nSPS) is 22.5. The van der Waals surface area contributed by atoms with Gasteiger partial charge in [-0.3, -0.25) is 0 Å². The van der Waals surface area contributed by atoms with Crippen molar-refractivity contribution in [3.63, 3.8) is 0 Å². The van der Waals surface area contributed by atoms with Crippen molar-refractivity contribution in [3.05, 3.63) is 0 Å². The molecule has 2 heteroatoms. The maximum atomic E-state index is 9.23. The van der Waals surface area contributed by atoms with E-state index in [1.165, 1.54) is 64.2 Å². The Bertz CT molecular complexity index is 250. The average Bonchev–Trinajstić information content (AvgIpc) is 2.90. The van der Waals surface area contributed by atoms with Crippen LogP contribution in [0.3, 0.4) is 0 Å². The van der Waals surface area contributed by atoms with Crippen LogP contribution in [-0.4, -0.2) is 13.2 Å². The van der Waals surface area contributed by atoms with Crippen LogP contribution in [0.5, 0.6) is 0 Å². The van der Waals surface area contributed by atoms with E-state index in [1.54, 1.807) is 0 Å². The lowest BCUT2D eigenvalue weighted by atomic mass is 9.83. The van der Waals surface area contributed by atoms with E-state index in [4.69, 9.17) is 4.74 Å². The van der Waals surface area contributed by atoms with Gasteiger partial charge in [0.05, 0.1) is 18.1 Å². The monoisotopic (exact) mass is 265 g/mol. The zero-order valence-electron chi connectivity index (χ0n) is 12.8. The average molecular weight is 265 g/mol. The van der Waals surface area contributed by atoms with Crippen LogP contribution in [0.2, 0.25) is 0 Å². The van der Waals surface area contributed by atoms with Gasteiger partial charge >= 0.3 is 0 Å². The van der Waals surface area contributed by atoms with Crippen molar-refractivity contribution >= 4 is 0 Å². The van der Waals surface area contributed by atoms with E-state index in [2.05, 4.69) is 13.0 Å². The van der Waals surface area contributed by atoms with Gasteiger partial charge in [0.25, 0.3) is 0 Å². The number of rotatable bonds is 11. The highest BCUT2D eigenvalue weighted by Crippen LogP contribution is 2.33. The van der Waals surface area contributed by atoms with Gasteiger partial charge in [0.1, 0.15) is 0 Å². The molecule has 0 aromatic rings. The van der Waals surface area contributed by atoms with Gasteiger partial charge < -0.3 is 4.74 Å². The second-order valence-corrected chi connectivity index (χ2v) is 6.13. The third-order valence-corrected chi connectivity index (χ3v) is 4.35. The van der Waals surface area contributed by atoms with Crippen molar-refractivity contribution in [3.8, 4) is 6.07 Å². The molecule has 0 aromatic carbocycles. The van der Waals surface area contributed by atoms with Crippen molar-refractivity contribution in [1.29, 1.82) is 5.26 Å². The lowest BCUT2D eigenvalue weighted by molar-refractivity contribution is 0.167. The van der Waals surface area contributed by atoms with Crippen molar-refractivity contribution in [2.75, 3.05) is 13.2 Å². The minimum Gasteiger partial charge on any atom is -0.380 e. The molecule has 1 aliphatic rings. The summed E-state index contributed by atoms with van der Waals surface area (Å²) in [4.78, 5) is 0. The molecule has 1 unspecified atom stereocenters. The number of unbranched alkanes of at least 4 members (excludes halogenated alkanes) is 9. The Morgan fingerprint density at radius 3 is 2.00 bits per heavy atom. The predicted octanol–water partition coefficient (Wildman–Crippen LogP) is 5.23. The summed E-state index contributed by atoms with van der Waals surface area (Å²) in [6.07, 6.45) is 15.6. The maximum absolute atomic E-state index is 9.23. The molecule has 110 valence electrons. The molecule has 1 heterocycles. The van der Waals surface area contributed by atoms with E-state index in [0.29, 0.717) is 6.61 Å². The Hall–Kier alpha value is -0.550. The summed E-state index contributed by atoms with van der Waals surface area (Å²) in [5, 5.41) is 9.23. The van der Waals surface area contributed by atoms with Crippen molar-refractivity contribution in [2.24, 2.45) is 5.41 Å². The molecule has 0 amide bonds. The first kappa shape index (κ1) is 16.5. The molecule has 19 heavy (non-hydrogen) atoms. The highest BCUT2D eigenvalue weighted by Gasteiger charge is 2.34. The Morgan fingerprint density at radius 1 is 0.947 bits per heavy atom. The molecule has 1 rings (SSSR count). The van der Waals surface area contributed by atoms with Crippen LogP contribution in [0.25, 0.3) is 0 Å². The third-order valence-electron chi connectivity index (χ3n) is 4.35. The van der Waals surface area contributed by atoms with Crippen LogP contribution in [-0.2, 0) is 4.74 Å². The number of hydrogen-bond acceptors (Lipinski definition) is 2. The lowest BCUT2D eigenvalue weighted by Crippen LogP contribution is -2.18. The van der Waals surface area contributed by atoms with E-state index in [-0.39, 0.29) is 5.41 Å². The van der Waals surface area contributed by atoms with E-state index in [1.807, 2.05) is 0 Å². The van der Waals surface area contributed by atoms with E-state index in [0.717, 1.165) is 19.4 Å². The number of nitrogens with zero attached hydrogens (tertiary/aromatic N) is 1. The van der Waals surface area contributed by atoms with Gasteiger partial charge in [0, 0.05) is 6.61 Å². The number of hydrogen-bond donors (Lipinski definition) is 0. The Morgan fingerprint density at radius 2 is 1.53 bits per heavy atom. The topological polar surface area (TPSA) is 33.0 Å². The summed E-state index contributed by atoms with van der Waals surface area (Å²) in [5.74, 6) is 0. The van der Waals surface area contributed by atoms with E-state index >= 15 is 0 Å². The van der Waals surface area contributed by atoms with Crippen molar-refractivity contribution in [2.45, 2.75) is 84.0 Å². The van der Waals surface area contributed by atoms with Crippen LogP contribution >= 0.6 is 0 Å². The molecule has 1 atom stereocenters. The van der Waals surface area contributed by atoms with Crippen LogP contribution in [0.4, 0.5) is 0 Å². The van der Waals surface area contributed by atoms with Gasteiger partial charge in [-0.15, -0.1) is 0 Å². The van der Waals surface area contributed by atoms with Gasteiger partial charge in [-0.2, -0.15) is 5.26 Å². The second-order valence-electron chi connectivity index (χ2n) is 6.13. The molecule has 1 aliphatic heterocycles. The van der Waals surface area contributed by atoms with Crippen molar-refractivity contribution < 1.29 is 4.74 Å². The Kier molecular flexibility index (Phi) is 8.91. The van der Waals surface area contributed by atoms with Gasteiger partial charge in [-0.05, 0) is 12.8 Å². The summed E-state index contributed by atoms with van der Waals surface area (Å²) in [5.41, 5.74) is -0.139. The first-order valence-corrected chi connectivity index (χ1v) is 8.32. The quantitative estimate of drug-likeness (QED) is 0.479. The molecule has 0 spiro atoms. The molecule has 1 fully saturated rings. The Balaban J connectivity index is 1.87. The molecule has 2 nitrogen and oxygen atoms in total. The maximum Gasteiger partial charge on any atom is 0.0828 e. The molecule has 1 saturated heterocycles. The predicted molar refractivity (Wildman–Crippen MR) is 79.9 cm³/mol. The molecule has 0 N–H and O–H groups in total. The van der Waals surface area contributed by atoms with E-state index < -0.39 is 0 Å². The molecular formula is C17H31NO. The van der Waals surface area contributed by atoms with Gasteiger partial charge in [-0.25, -0.2) is 0 Å². The molecule has 0 radical (unpaired) electrons. The van der Waals surface area contributed by atoms with Crippen LogP contribution in [0.15, 0.2) is 0 Å². The fraction of sp³-hybridized carbons (Fsp3) is 0.941. The smallest absolute Gasteiger partial charge is 0.0828 e. The van der Waals surface area contributed by atoms with Crippen LogP contribution in [0.1, 0.15) is 84.0 Å². The first-order valence-electron chi connectivity index (χ1n) is 8.32. The lowest BCUT2D eigenvalue weighted by Gasteiger charge is -2.17. The van der Waals surface area contributed by atoms with Crippen LogP contribution in [0, 0.1) is 16.7 Å². The zero-order valence-corrected chi connectivity index (χ0v) is 12.8. The summed E-state index contributed by atoms with van der Waals surface area (Å²) < 4.78 is 5.37. The van der Waals surface area contributed by atoms with Gasteiger partial charge in [-0.1, -0.05) is 71.1 Å². The van der Waals surface area contributed by atoms with Crippen LogP contribution < -0.4 is 0 Å². The second kappa shape index (κ2) is 10.3. The molecule has 0 aromatic heterocycles. The number of nitriles is 1. The fourth-order valence-electron chi connectivity index (χ4n) is 2.90. The number of ether oxygens (including phenoxy) is 1. The molecule has 0 saturated carbocycles. The highest BCUT2D eigenvalue weighted by molar-refractivity contribution is 5.01. The first-order chi connectivity index (χ1) is 9.33. The summed E-state index contributed by atoms with van der Waals surface area (Å²) in [6.45, 7) is 3.72. The molecule has 0 bridgehead atoms. The summed E-state index contributed by atoms with van der Waals surface area (Å²) >= 11 is 0. The SMILES string of the molecule is CCCCCCCCCCCCC1(C#N)CCOC1. The minimum absolute atomic E-state index is 0.139. The van der Waals surface area contributed by atoms with Gasteiger partial charge in [0.15, 0.2) is 0 Å². The summed E-state index contributed by atoms with van der Waals surface area (Å²) in [7, 11) is 0. The zero-order chi connectivity index (χ0) is 13.8. The molecule has 0 aliphatic carbocycles. The standard InChI is InChI=1S/C17H31NO/c1-2-3-4-5-6-7-8-9-10-11-12-17(15-18)13-14-19-16-17/h2-14,16H2,1H3. The molecular weight excluding hydrogens is 234 g/mol. The van der Waals surface area contributed by atoms with Gasteiger partial charge in [0.2, 0.25) is 0 Å². The minimum atomic E-state index is -0.139. The largest absolute Gasteiger partial charge is 0.380 e. The summed E-state index contributed by atoms with van der Waals surface area (Å²) in [6, 6.07) is 2.48. The Labute approximate surface area is 119 Å². The third kappa shape index (κ3) is 6.97. The fourth-order valence-corrected chi connectivity index (χ4v) is 2.90. The van der Waals surface area contributed by atoms with E-state index in [9.17, 15) is 5.26 Å². The van der Waals surface area contributed by atoms with Crippen molar-refractivity contribution in [1.82, 2.24) is 0 Å².